The maximum absolute atomic E-state index is 12.1. The number of allylic oxidation sites excluding steroid dienone is 2. The van der Waals surface area contributed by atoms with Crippen LogP contribution in [0.15, 0.2) is 17.1 Å². The lowest BCUT2D eigenvalue weighted by atomic mass is 9.70. The van der Waals surface area contributed by atoms with E-state index >= 15 is 0 Å². The summed E-state index contributed by atoms with van der Waals surface area (Å²) in [6.45, 7) is 3.54. The summed E-state index contributed by atoms with van der Waals surface area (Å²) in [6, 6.07) is 1.96. The number of carbonyl (C=O) groups excluding carboxylic acids is 1. The molecule has 0 fully saturated rings. The van der Waals surface area contributed by atoms with Gasteiger partial charge >= 0.3 is 0 Å². The highest BCUT2D eigenvalue weighted by Crippen LogP contribution is 2.57. The summed E-state index contributed by atoms with van der Waals surface area (Å²) in [5.74, 6) is 0.691. The molecule has 0 amide bonds. The number of hydrogen-bond acceptors (Lipinski definition) is 4. The Hall–Kier alpha value is -1.36. The van der Waals surface area contributed by atoms with Gasteiger partial charge in [0.2, 0.25) is 0 Å². The van der Waals surface area contributed by atoms with Gasteiger partial charge in [-0.15, -0.1) is 0 Å². The van der Waals surface area contributed by atoms with Gasteiger partial charge in [-0.3, -0.25) is 9.79 Å². The number of hydrogen-bond donors (Lipinski definition) is 2. The highest BCUT2D eigenvalue weighted by molar-refractivity contribution is 6.44. The van der Waals surface area contributed by atoms with E-state index in [2.05, 4.69) is 17.2 Å². The summed E-state index contributed by atoms with van der Waals surface area (Å²) < 4.78 is 0. The predicted molar refractivity (Wildman–Crippen MR) is 105 cm³/mol. The van der Waals surface area contributed by atoms with E-state index in [-0.39, 0.29) is 11.2 Å². The van der Waals surface area contributed by atoms with E-state index in [1.165, 1.54) is 0 Å². The summed E-state index contributed by atoms with van der Waals surface area (Å²) in [5, 5.41) is 14.6. The van der Waals surface area contributed by atoms with Gasteiger partial charge in [0.05, 0.1) is 16.6 Å². The molecule has 6 heteroatoms. The van der Waals surface area contributed by atoms with E-state index in [1.807, 2.05) is 6.07 Å². The number of nitrogens with one attached hydrogen (secondary N) is 1. The van der Waals surface area contributed by atoms with Crippen LogP contribution in [-0.2, 0) is 11.2 Å². The van der Waals surface area contributed by atoms with Crippen molar-refractivity contribution in [2.45, 2.75) is 45.1 Å². The number of carbonyl (C=O) groups is 1. The Morgan fingerprint density at radius 3 is 2.88 bits per heavy atom. The number of amidine groups is 1. The number of aliphatic hydroxyl groups excluding tert-OH is 1. The largest absolute Gasteiger partial charge is 0.380 e. The molecule has 0 spiro atoms. The summed E-state index contributed by atoms with van der Waals surface area (Å²) in [7, 11) is 0. The smallest absolute Gasteiger partial charge is 0.156 e. The Labute approximate surface area is 163 Å². The molecular weight excluding hydrogens is 371 g/mol. The quantitative estimate of drug-likeness (QED) is 0.809. The Bertz CT molecular complexity index is 847. The molecule has 2 atom stereocenters. The third kappa shape index (κ3) is 2.70. The van der Waals surface area contributed by atoms with Crippen LogP contribution in [0.5, 0.6) is 0 Å². The lowest BCUT2D eigenvalue weighted by Gasteiger charge is -2.33. The first-order valence-electron chi connectivity index (χ1n) is 9.19. The molecule has 0 radical (unpaired) electrons. The van der Waals surface area contributed by atoms with Crippen LogP contribution in [0.2, 0.25) is 10.0 Å². The van der Waals surface area contributed by atoms with Crippen LogP contribution in [0.1, 0.15) is 55.4 Å². The molecule has 1 aromatic rings. The van der Waals surface area contributed by atoms with Crippen molar-refractivity contribution in [3.05, 3.63) is 38.9 Å². The zero-order chi connectivity index (χ0) is 18.5. The Balaban J connectivity index is 1.84. The lowest BCUT2D eigenvalue weighted by Crippen LogP contribution is -2.26. The van der Waals surface area contributed by atoms with Gasteiger partial charge in [-0.2, -0.15) is 0 Å². The van der Waals surface area contributed by atoms with Crippen LogP contribution in [-0.4, -0.2) is 29.8 Å². The number of rotatable bonds is 4. The Kier molecular flexibility index (Phi) is 4.62. The minimum absolute atomic E-state index is 0.0370. The lowest BCUT2D eigenvalue weighted by molar-refractivity contribution is -0.115. The van der Waals surface area contributed by atoms with Crippen LogP contribution >= 0.6 is 23.2 Å². The van der Waals surface area contributed by atoms with Gasteiger partial charge in [0.25, 0.3) is 0 Å². The number of aliphatic imine (C=N–C) groups is 1. The van der Waals surface area contributed by atoms with Crippen molar-refractivity contribution in [2.24, 2.45) is 10.4 Å². The number of benzene rings is 1. The molecular formula is C20H22Cl2N2O2. The van der Waals surface area contributed by atoms with E-state index in [9.17, 15) is 9.90 Å². The van der Waals surface area contributed by atoms with Crippen LogP contribution in [0.3, 0.4) is 0 Å². The van der Waals surface area contributed by atoms with Gasteiger partial charge in [-0.25, -0.2) is 0 Å². The van der Waals surface area contributed by atoms with Crippen LogP contribution < -0.4 is 5.32 Å². The Morgan fingerprint density at radius 1 is 1.38 bits per heavy atom. The second-order valence-electron chi connectivity index (χ2n) is 7.46. The van der Waals surface area contributed by atoms with Gasteiger partial charge < -0.3 is 10.4 Å². The van der Waals surface area contributed by atoms with Gasteiger partial charge in [-0.1, -0.05) is 42.6 Å². The van der Waals surface area contributed by atoms with Crippen LogP contribution in [0, 0.1) is 5.41 Å². The highest BCUT2D eigenvalue weighted by atomic mass is 35.5. The van der Waals surface area contributed by atoms with Gasteiger partial charge in [0.15, 0.2) is 5.78 Å². The summed E-state index contributed by atoms with van der Waals surface area (Å²) in [5.41, 5.74) is 3.55. The van der Waals surface area contributed by atoms with Crippen LogP contribution in [0.25, 0.3) is 5.57 Å². The van der Waals surface area contributed by atoms with Crippen LogP contribution in [0.4, 0.5) is 0 Å². The molecule has 1 heterocycles. The topological polar surface area (TPSA) is 61.7 Å². The molecule has 4 rings (SSSR count). The molecule has 2 N–H and O–H groups in total. The number of fused-ring (bicyclic) bond motifs is 3. The second-order valence-corrected chi connectivity index (χ2v) is 8.21. The summed E-state index contributed by atoms with van der Waals surface area (Å²) >= 11 is 13.2. The maximum Gasteiger partial charge on any atom is 0.156 e. The first kappa shape index (κ1) is 18.0. The molecule has 0 bridgehead atoms. The van der Waals surface area contributed by atoms with Crippen molar-refractivity contribution in [1.29, 1.82) is 0 Å². The SMILES string of the molecule is CCCC12CCC(=O)C=C1c1c(cc(C(O)C3=NCCN3)c(Cl)c1Cl)C2. The van der Waals surface area contributed by atoms with E-state index in [1.54, 1.807) is 6.08 Å². The van der Waals surface area contributed by atoms with Crippen molar-refractivity contribution in [2.75, 3.05) is 13.1 Å². The van der Waals surface area contributed by atoms with Gasteiger partial charge in [-0.05, 0) is 36.5 Å². The molecule has 138 valence electrons. The van der Waals surface area contributed by atoms with Crippen molar-refractivity contribution < 1.29 is 9.90 Å². The van der Waals surface area contributed by atoms with E-state index in [0.29, 0.717) is 34.4 Å². The van der Waals surface area contributed by atoms with E-state index < -0.39 is 6.10 Å². The molecule has 0 saturated carbocycles. The molecule has 2 aliphatic carbocycles. The van der Waals surface area contributed by atoms with E-state index in [4.69, 9.17) is 23.2 Å². The fourth-order valence-corrected chi connectivity index (χ4v) is 5.26. The first-order chi connectivity index (χ1) is 12.5. The molecule has 2 unspecified atom stereocenters. The summed E-state index contributed by atoms with van der Waals surface area (Å²) in [4.78, 5) is 16.4. The number of aliphatic hydroxyl groups is 1. The molecule has 0 aromatic heterocycles. The predicted octanol–water partition coefficient (Wildman–Crippen LogP) is 4.12. The normalized spacial score (nSPS) is 25.3. The average molecular weight is 393 g/mol. The molecule has 3 aliphatic rings. The fraction of sp³-hybridized carbons (Fsp3) is 0.500. The monoisotopic (exact) mass is 392 g/mol. The minimum atomic E-state index is -0.909. The Morgan fingerprint density at radius 2 is 2.19 bits per heavy atom. The fourth-order valence-electron chi connectivity index (χ4n) is 4.67. The van der Waals surface area contributed by atoms with E-state index in [0.717, 1.165) is 48.9 Å². The second kappa shape index (κ2) is 6.66. The molecule has 1 aromatic carbocycles. The molecule has 4 nitrogen and oxygen atoms in total. The third-order valence-electron chi connectivity index (χ3n) is 5.82. The average Bonchev–Trinajstić information content (AvgIpc) is 3.24. The number of nitrogens with zero attached hydrogens (tertiary/aromatic N) is 1. The molecule has 26 heavy (non-hydrogen) atoms. The van der Waals surface area contributed by atoms with Crippen molar-refractivity contribution in [3.8, 4) is 0 Å². The molecule has 0 saturated heterocycles. The van der Waals surface area contributed by atoms with Crippen molar-refractivity contribution in [1.82, 2.24) is 5.32 Å². The zero-order valence-electron chi connectivity index (χ0n) is 14.7. The minimum Gasteiger partial charge on any atom is -0.380 e. The number of halogens is 2. The maximum atomic E-state index is 12.1. The summed E-state index contributed by atoms with van der Waals surface area (Å²) in [6.07, 6.45) is 5.19. The first-order valence-corrected chi connectivity index (χ1v) is 9.95. The van der Waals surface area contributed by atoms with Crippen molar-refractivity contribution >= 4 is 40.4 Å². The van der Waals surface area contributed by atoms with Gasteiger partial charge in [0.1, 0.15) is 11.9 Å². The third-order valence-corrected chi connectivity index (χ3v) is 6.71. The van der Waals surface area contributed by atoms with Gasteiger partial charge in [0, 0.05) is 29.5 Å². The standard InChI is InChI=1S/C20H22Cl2N2O2/c1-2-4-20-5-3-12(25)9-14(20)15-11(10-20)8-13(16(21)17(15)22)18(26)19-23-6-7-24-19/h8-9,18,26H,2-7,10H2,1H3,(H,23,24). The number of ketones is 1. The van der Waals surface area contributed by atoms with Crippen molar-refractivity contribution in [3.63, 3.8) is 0 Å². The zero-order valence-corrected chi connectivity index (χ0v) is 16.3. The molecule has 1 aliphatic heterocycles. The highest BCUT2D eigenvalue weighted by Gasteiger charge is 2.45.